The van der Waals surface area contributed by atoms with Crippen molar-refractivity contribution in [2.24, 2.45) is 5.41 Å². The van der Waals surface area contributed by atoms with Crippen LogP contribution in [0, 0.1) is 5.41 Å². The molecule has 1 saturated carbocycles. The van der Waals surface area contributed by atoms with E-state index in [0.717, 1.165) is 17.4 Å². The molecule has 18 heavy (non-hydrogen) atoms. The molecule has 5 heteroatoms. The smallest absolute Gasteiger partial charge is 0.225 e. The zero-order valence-electron chi connectivity index (χ0n) is 11.5. The van der Waals surface area contributed by atoms with Crippen LogP contribution in [0.4, 0.5) is 5.13 Å². The van der Waals surface area contributed by atoms with E-state index in [1.165, 1.54) is 17.8 Å². The third-order valence-corrected chi connectivity index (χ3v) is 4.42. The van der Waals surface area contributed by atoms with Crippen molar-refractivity contribution in [3.8, 4) is 0 Å². The van der Waals surface area contributed by atoms with Crippen LogP contribution in [0.5, 0.6) is 0 Å². The summed E-state index contributed by atoms with van der Waals surface area (Å²) in [6, 6.07) is 0.609. The highest BCUT2D eigenvalue weighted by Crippen LogP contribution is 2.44. The van der Waals surface area contributed by atoms with Crippen LogP contribution in [0.25, 0.3) is 0 Å². The lowest BCUT2D eigenvalue weighted by molar-refractivity contribution is -0.116. The van der Waals surface area contributed by atoms with E-state index < -0.39 is 0 Å². The van der Waals surface area contributed by atoms with Crippen molar-refractivity contribution in [1.82, 2.24) is 10.3 Å². The predicted octanol–water partition coefficient (Wildman–Crippen LogP) is 2.40. The summed E-state index contributed by atoms with van der Waals surface area (Å²) in [6.45, 7) is 9.55. The number of anilines is 1. The average Bonchev–Trinajstić information content (AvgIpc) is 2.72. The average molecular weight is 267 g/mol. The van der Waals surface area contributed by atoms with Gasteiger partial charge in [0, 0.05) is 31.4 Å². The normalized spacial score (nSPS) is 20.8. The number of amides is 1. The Bertz CT molecular complexity index is 441. The number of rotatable bonds is 5. The van der Waals surface area contributed by atoms with Crippen LogP contribution >= 0.6 is 11.3 Å². The number of hydrogen-bond donors (Lipinski definition) is 1. The summed E-state index contributed by atoms with van der Waals surface area (Å²) in [6.07, 6.45) is 1.23. The number of carbonyl (C=O) groups is 1. The summed E-state index contributed by atoms with van der Waals surface area (Å²) in [5.41, 5.74) is 1.46. The maximum atomic E-state index is 11.4. The minimum atomic E-state index is 0.0506. The number of nitrogens with one attached hydrogen (secondary N) is 1. The van der Waals surface area contributed by atoms with E-state index in [1.807, 2.05) is 12.3 Å². The lowest BCUT2D eigenvalue weighted by Gasteiger charge is -2.14. The van der Waals surface area contributed by atoms with Gasteiger partial charge in [-0.05, 0) is 18.8 Å². The third kappa shape index (κ3) is 2.90. The standard InChI is InChI=1S/C13H21N3OS/c1-5-16(9(2)17)12-15-10(8-18-12)7-14-11-6-13(11,3)4/h8,11,14H,5-7H2,1-4H3. The number of carbonyl (C=O) groups excluding carboxylic acids is 1. The molecule has 0 aliphatic heterocycles. The molecule has 0 spiro atoms. The van der Waals surface area contributed by atoms with Gasteiger partial charge in [0.25, 0.3) is 0 Å². The molecule has 1 aliphatic carbocycles. The van der Waals surface area contributed by atoms with E-state index in [0.29, 0.717) is 18.0 Å². The van der Waals surface area contributed by atoms with E-state index in [1.54, 1.807) is 11.8 Å². The zero-order chi connectivity index (χ0) is 13.3. The van der Waals surface area contributed by atoms with E-state index >= 15 is 0 Å². The molecular formula is C13H21N3OS. The Morgan fingerprint density at radius 2 is 2.33 bits per heavy atom. The minimum absolute atomic E-state index is 0.0506. The second-order valence-corrected chi connectivity index (χ2v) is 6.35. The molecule has 1 amide bonds. The van der Waals surface area contributed by atoms with Gasteiger partial charge in [-0.2, -0.15) is 0 Å². The summed E-state index contributed by atoms with van der Waals surface area (Å²) in [5, 5.41) is 6.34. The maximum absolute atomic E-state index is 11.4. The summed E-state index contributed by atoms with van der Waals surface area (Å²) in [5.74, 6) is 0.0506. The molecule has 1 N–H and O–H groups in total. The highest BCUT2D eigenvalue weighted by molar-refractivity contribution is 7.14. The van der Waals surface area contributed by atoms with Crippen molar-refractivity contribution in [2.75, 3.05) is 11.4 Å². The second kappa shape index (κ2) is 4.97. The highest BCUT2D eigenvalue weighted by Gasteiger charge is 2.45. The second-order valence-electron chi connectivity index (χ2n) is 5.51. The molecule has 100 valence electrons. The fourth-order valence-electron chi connectivity index (χ4n) is 2.04. The lowest BCUT2D eigenvalue weighted by Crippen LogP contribution is -2.27. The quantitative estimate of drug-likeness (QED) is 0.891. The van der Waals surface area contributed by atoms with Crippen molar-refractivity contribution < 1.29 is 4.79 Å². The highest BCUT2D eigenvalue weighted by atomic mass is 32.1. The monoisotopic (exact) mass is 267 g/mol. The molecule has 1 aliphatic rings. The summed E-state index contributed by atoms with van der Waals surface area (Å²) in [7, 11) is 0. The van der Waals surface area contributed by atoms with Gasteiger partial charge in [0.15, 0.2) is 5.13 Å². The first kappa shape index (κ1) is 13.5. The molecule has 0 radical (unpaired) electrons. The van der Waals surface area contributed by atoms with Gasteiger partial charge in [-0.25, -0.2) is 4.98 Å². The molecule has 0 saturated heterocycles. The number of nitrogens with zero attached hydrogens (tertiary/aromatic N) is 2. The Morgan fingerprint density at radius 3 is 2.83 bits per heavy atom. The molecule has 1 atom stereocenters. The Morgan fingerprint density at radius 1 is 1.67 bits per heavy atom. The van der Waals surface area contributed by atoms with Crippen LogP contribution in [0.3, 0.4) is 0 Å². The van der Waals surface area contributed by atoms with E-state index in [4.69, 9.17) is 0 Å². The number of hydrogen-bond acceptors (Lipinski definition) is 4. The fourth-order valence-corrected chi connectivity index (χ4v) is 2.97. The molecule has 1 heterocycles. The van der Waals surface area contributed by atoms with Crippen molar-refractivity contribution in [2.45, 2.75) is 46.7 Å². The molecule has 1 aromatic rings. The van der Waals surface area contributed by atoms with Gasteiger partial charge in [0.1, 0.15) is 0 Å². The fraction of sp³-hybridized carbons (Fsp3) is 0.692. The summed E-state index contributed by atoms with van der Waals surface area (Å²) >= 11 is 1.54. The first-order valence-corrected chi connectivity index (χ1v) is 7.28. The van der Waals surface area contributed by atoms with Gasteiger partial charge in [0.2, 0.25) is 5.91 Å². The molecule has 4 nitrogen and oxygen atoms in total. The Kier molecular flexibility index (Phi) is 3.73. The lowest BCUT2D eigenvalue weighted by atomic mass is 10.2. The SMILES string of the molecule is CCN(C(C)=O)c1nc(CNC2CC2(C)C)cs1. The van der Waals surface area contributed by atoms with Gasteiger partial charge >= 0.3 is 0 Å². The van der Waals surface area contributed by atoms with Crippen molar-refractivity contribution in [1.29, 1.82) is 0 Å². The molecule has 0 bridgehead atoms. The van der Waals surface area contributed by atoms with Crippen LogP contribution in [-0.2, 0) is 11.3 Å². The molecular weight excluding hydrogens is 246 g/mol. The van der Waals surface area contributed by atoms with Gasteiger partial charge in [-0.3, -0.25) is 9.69 Å². The minimum Gasteiger partial charge on any atom is -0.308 e. The Labute approximate surface area is 112 Å². The molecule has 1 aromatic heterocycles. The topological polar surface area (TPSA) is 45.2 Å². The van der Waals surface area contributed by atoms with Crippen molar-refractivity contribution in [3.63, 3.8) is 0 Å². The van der Waals surface area contributed by atoms with Crippen LogP contribution in [0.1, 0.15) is 39.8 Å². The Balaban J connectivity index is 1.92. The largest absolute Gasteiger partial charge is 0.308 e. The van der Waals surface area contributed by atoms with Crippen molar-refractivity contribution in [3.05, 3.63) is 11.1 Å². The summed E-state index contributed by atoms with van der Waals surface area (Å²) in [4.78, 5) is 17.6. The van der Waals surface area contributed by atoms with Crippen LogP contribution in [-0.4, -0.2) is 23.5 Å². The first-order chi connectivity index (χ1) is 8.44. The molecule has 0 aromatic carbocycles. The Hall–Kier alpha value is -0.940. The molecule has 1 unspecified atom stereocenters. The van der Waals surface area contributed by atoms with Gasteiger partial charge in [0.05, 0.1) is 5.69 Å². The number of aromatic nitrogens is 1. The molecule has 1 fully saturated rings. The van der Waals surface area contributed by atoms with E-state index in [-0.39, 0.29) is 5.91 Å². The van der Waals surface area contributed by atoms with Crippen LogP contribution in [0.2, 0.25) is 0 Å². The third-order valence-electron chi connectivity index (χ3n) is 3.51. The van der Waals surface area contributed by atoms with Crippen LogP contribution in [0.15, 0.2) is 5.38 Å². The van der Waals surface area contributed by atoms with Crippen LogP contribution < -0.4 is 10.2 Å². The predicted molar refractivity (Wildman–Crippen MR) is 74.8 cm³/mol. The first-order valence-electron chi connectivity index (χ1n) is 6.40. The maximum Gasteiger partial charge on any atom is 0.225 e. The van der Waals surface area contributed by atoms with Crippen molar-refractivity contribution >= 4 is 22.4 Å². The molecule has 2 rings (SSSR count). The van der Waals surface area contributed by atoms with Gasteiger partial charge in [-0.1, -0.05) is 13.8 Å². The van der Waals surface area contributed by atoms with E-state index in [2.05, 4.69) is 24.1 Å². The van der Waals surface area contributed by atoms with Gasteiger partial charge in [-0.15, -0.1) is 11.3 Å². The number of thiazole rings is 1. The van der Waals surface area contributed by atoms with Gasteiger partial charge < -0.3 is 5.32 Å². The zero-order valence-corrected chi connectivity index (χ0v) is 12.3. The van der Waals surface area contributed by atoms with E-state index in [9.17, 15) is 4.79 Å². The summed E-state index contributed by atoms with van der Waals surface area (Å²) < 4.78 is 0.